The molecule has 3 rings (SSSR count). The van der Waals surface area contributed by atoms with Crippen LogP contribution in [0.2, 0.25) is 5.02 Å². The summed E-state index contributed by atoms with van der Waals surface area (Å²) in [5.41, 5.74) is 1.93. The van der Waals surface area contributed by atoms with Crippen molar-refractivity contribution in [1.29, 1.82) is 0 Å². The van der Waals surface area contributed by atoms with Crippen LogP contribution in [-0.4, -0.2) is 31.3 Å². The number of aliphatic hydroxyl groups is 1. The third kappa shape index (κ3) is 4.44. The quantitative estimate of drug-likeness (QED) is 0.580. The Balaban J connectivity index is 1.60. The molecule has 25 heavy (non-hydrogen) atoms. The Labute approximate surface area is 152 Å². The van der Waals surface area contributed by atoms with Crippen molar-refractivity contribution in [3.8, 4) is 5.75 Å². The summed E-state index contributed by atoms with van der Waals surface area (Å²) in [5, 5.41) is 17.5. The minimum atomic E-state index is -0.641. The second kappa shape index (κ2) is 8.23. The van der Waals surface area contributed by atoms with Crippen LogP contribution in [0.3, 0.4) is 0 Å². The highest BCUT2D eigenvalue weighted by molar-refractivity contribution is 6.30. The molecule has 1 aliphatic rings. The zero-order valence-corrected chi connectivity index (χ0v) is 14.8. The van der Waals surface area contributed by atoms with Crippen molar-refractivity contribution in [2.24, 2.45) is 4.99 Å². The van der Waals surface area contributed by atoms with Gasteiger partial charge < -0.3 is 20.5 Å². The van der Waals surface area contributed by atoms with E-state index in [1.807, 2.05) is 30.3 Å². The largest absolute Gasteiger partial charge is 0.493 e. The molecule has 6 heteroatoms. The van der Waals surface area contributed by atoms with Crippen molar-refractivity contribution < 1.29 is 9.84 Å². The molecule has 2 unspecified atom stereocenters. The number of para-hydroxylation sites is 1. The lowest BCUT2D eigenvalue weighted by molar-refractivity contribution is 0.180. The fourth-order valence-corrected chi connectivity index (χ4v) is 2.97. The Bertz CT molecular complexity index is 734. The third-order valence-corrected chi connectivity index (χ3v) is 4.46. The van der Waals surface area contributed by atoms with E-state index in [1.54, 1.807) is 19.2 Å². The summed E-state index contributed by atoms with van der Waals surface area (Å²) in [7, 11) is 1.72. The number of ether oxygens (including phenoxy) is 1. The molecule has 2 atom stereocenters. The molecule has 0 fully saturated rings. The van der Waals surface area contributed by atoms with Gasteiger partial charge in [-0.3, -0.25) is 4.99 Å². The maximum Gasteiger partial charge on any atom is 0.191 e. The molecular formula is C19H22ClN3O2. The Hall–Kier alpha value is -2.24. The van der Waals surface area contributed by atoms with E-state index >= 15 is 0 Å². The number of aliphatic hydroxyl groups excluding tert-OH is 1. The summed E-state index contributed by atoms with van der Waals surface area (Å²) in [6.45, 7) is 1.02. The normalized spacial score (nSPS) is 18.0. The van der Waals surface area contributed by atoms with E-state index in [4.69, 9.17) is 16.3 Å². The van der Waals surface area contributed by atoms with E-state index < -0.39 is 6.10 Å². The molecule has 0 radical (unpaired) electrons. The Morgan fingerprint density at radius 3 is 2.80 bits per heavy atom. The zero-order valence-electron chi connectivity index (χ0n) is 14.1. The van der Waals surface area contributed by atoms with Crippen molar-refractivity contribution in [2.45, 2.75) is 18.6 Å². The first kappa shape index (κ1) is 17.6. The van der Waals surface area contributed by atoms with Gasteiger partial charge in [0.15, 0.2) is 5.96 Å². The first-order chi connectivity index (χ1) is 12.2. The number of nitrogens with one attached hydrogen (secondary N) is 2. The number of benzene rings is 2. The van der Waals surface area contributed by atoms with Crippen LogP contribution in [0.4, 0.5) is 0 Å². The molecule has 0 spiro atoms. The van der Waals surface area contributed by atoms with Gasteiger partial charge in [-0.15, -0.1) is 0 Å². The van der Waals surface area contributed by atoms with Gasteiger partial charge in [0, 0.05) is 30.6 Å². The lowest BCUT2D eigenvalue weighted by Gasteiger charge is -2.28. The molecule has 0 aliphatic carbocycles. The molecule has 0 saturated heterocycles. The van der Waals surface area contributed by atoms with Crippen LogP contribution >= 0.6 is 11.6 Å². The zero-order chi connectivity index (χ0) is 17.6. The monoisotopic (exact) mass is 359 g/mol. The Morgan fingerprint density at radius 2 is 2.04 bits per heavy atom. The van der Waals surface area contributed by atoms with Crippen molar-refractivity contribution in [3.05, 3.63) is 64.7 Å². The second-order valence-corrected chi connectivity index (χ2v) is 6.33. The Kier molecular flexibility index (Phi) is 5.79. The van der Waals surface area contributed by atoms with E-state index in [9.17, 15) is 5.11 Å². The van der Waals surface area contributed by atoms with Crippen LogP contribution in [0, 0.1) is 0 Å². The van der Waals surface area contributed by atoms with Gasteiger partial charge in [0.25, 0.3) is 0 Å². The second-order valence-electron chi connectivity index (χ2n) is 5.89. The highest BCUT2D eigenvalue weighted by Crippen LogP contribution is 2.31. The lowest BCUT2D eigenvalue weighted by Crippen LogP contribution is -2.42. The molecule has 0 saturated carbocycles. The topological polar surface area (TPSA) is 65.9 Å². The predicted molar refractivity (Wildman–Crippen MR) is 100 cm³/mol. The van der Waals surface area contributed by atoms with Gasteiger partial charge >= 0.3 is 0 Å². The number of nitrogens with zero attached hydrogens (tertiary/aromatic N) is 1. The minimum absolute atomic E-state index is 0.129. The molecule has 0 amide bonds. The summed E-state index contributed by atoms with van der Waals surface area (Å²) in [4.78, 5) is 4.26. The summed E-state index contributed by atoms with van der Waals surface area (Å²) in [6, 6.07) is 15.3. The number of halogens is 1. The number of aliphatic imine (C=N–C) groups is 1. The van der Waals surface area contributed by atoms with Crippen LogP contribution in [-0.2, 0) is 0 Å². The molecule has 1 heterocycles. The van der Waals surface area contributed by atoms with E-state index in [-0.39, 0.29) is 6.04 Å². The molecular weight excluding hydrogens is 338 g/mol. The SMILES string of the molecule is CN=C(NCC(O)c1ccc(Cl)cc1)NC1CCOc2ccccc21. The number of guanidine groups is 1. The van der Waals surface area contributed by atoms with Gasteiger partial charge in [0.2, 0.25) is 0 Å². The van der Waals surface area contributed by atoms with Crippen molar-refractivity contribution in [1.82, 2.24) is 10.6 Å². The van der Waals surface area contributed by atoms with Gasteiger partial charge in [-0.25, -0.2) is 0 Å². The Morgan fingerprint density at radius 1 is 1.28 bits per heavy atom. The predicted octanol–water partition coefficient (Wildman–Crippen LogP) is 3.06. The van der Waals surface area contributed by atoms with Crippen molar-refractivity contribution in [3.63, 3.8) is 0 Å². The highest BCUT2D eigenvalue weighted by Gasteiger charge is 2.22. The third-order valence-electron chi connectivity index (χ3n) is 4.21. The van der Waals surface area contributed by atoms with Crippen LogP contribution in [0.15, 0.2) is 53.5 Å². The molecule has 2 aromatic rings. The summed E-state index contributed by atoms with van der Waals surface area (Å²) in [5.74, 6) is 1.55. The van der Waals surface area contributed by atoms with Gasteiger partial charge in [0.1, 0.15) is 5.75 Å². The summed E-state index contributed by atoms with van der Waals surface area (Å²) in [6.07, 6.45) is 0.218. The van der Waals surface area contributed by atoms with Crippen LogP contribution < -0.4 is 15.4 Å². The molecule has 0 bridgehead atoms. The average molecular weight is 360 g/mol. The van der Waals surface area contributed by atoms with Crippen molar-refractivity contribution >= 4 is 17.6 Å². The maximum absolute atomic E-state index is 10.3. The number of hydrogen-bond donors (Lipinski definition) is 3. The molecule has 3 N–H and O–H groups in total. The number of hydrogen-bond acceptors (Lipinski definition) is 3. The molecule has 5 nitrogen and oxygen atoms in total. The first-order valence-corrected chi connectivity index (χ1v) is 8.67. The highest BCUT2D eigenvalue weighted by atomic mass is 35.5. The molecule has 0 aromatic heterocycles. The minimum Gasteiger partial charge on any atom is -0.493 e. The van der Waals surface area contributed by atoms with Gasteiger partial charge in [-0.1, -0.05) is 41.9 Å². The van der Waals surface area contributed by atoms with E-state index in [0.717, 1.165) is 23.3 Å². The fraction of sp³-hybridized carbons (Fsp3) is 0.316. The molecule has 1 aliphatic heterocycles. The van der Waals surface area contributed by atoms with Gasteiger partial charge in [0.05, 0.1) is 18.8 Å². The fourth-order valence-electron chi connectivity index (χ4n) is 2.85. The number of fused-ring (bicyclic) bond motifs is 1. The molecule has 132 valence electrons. The van der Waals surface area contributed by atoms with Crippen LogP contribution in [0.25, 0.3) is 0 Å². The smallest absolute Gasteiger partial charge is 0.191 e. The number of rotatable bonds is 4. The van der Waals surface area contributed by atoms with E-state index in [1.165, 1.54) is 0 Å². The standard InChI is InChI=1S/C19H22ClN3O2/c1-21-19(22-12-17(24)13-6-8-14(20)9-7-13)23-16-10-11-25-18-5-3-2-4-15(16)18/h2-9,16-17,24H,10-12H2,1H3,(H2,21,22,23). The lowest BCUT2D eigenvalue weighted by atomic mass is 10.0. The van der Waals surface area contributed by atoms with Crippen molar-refractivity contribution in [2.75, 3.05) is 20.2 Å². The van der Waals surface area contributed by atoms with E-state index in [2.05, 4.69) is 21.7 Å². The average Bonchev–Trinajstić information content (AvgIpc) is 2.65. The first-order valence-electron chi connectivity index (χ1n) is 8.30. The van der Waals surface area contributed by atoms with Gasteiger partial charge in [-0.05, 0) is 23.8 Å². The van der Waals surface area contributed by atoms with Crippen LogP contribution in [0.1, 0.15) is 29.7 Å². The maximum atomic E-state index is 10.3. The van der Waals surface area contributed by atoms with Crippen LogP contribution in [0.5, 0.6) is 5.75 Å². The van der Waals surface area contributed by atoms with Gasteiger partial charge in [-0.2, -0.15) is 0 Å². The summed E-state index contributed by atoms with van der Waals surface area (Å²) < 4.78 is 5.68. The summed E-state index contributed by atoms with van der Waals surface area (Å²) >= 11 is 5.88. The van der Waals surface area contributed by atoms with E-state index in [0.29, 0.717) is 24.1 Å². The molecule has 2 aromatic carbocycles.